The Kier molecular flexibility index (Phi) is 5.54. The maximum absolute atomic E-state index is 12.6. The summed E-state index contributed by atoms with van der Waals surface area (Å²) in [5.74, 6) is 1.20. The number of carbonyl (C=O) groups excluding carboxylic acids is 1. The number of aryl methyl sites for hydroxylation is 1. The van der Waals surface area contributed by atoms with Crippen molar-refractivity contribution in [2.75, 3.05) is 38.1 Å². The maximum Gasteiger partial charge on any atom is 0.220 e. The van der Waals surface area contributed by atoms with E-state index >= 15 is 0 Å². The van der Waals surface area contributed by atoms with Gasteiger partial charge < -0.3 is 15.1 Å². The van der Waals surface area contributed by atoms with Crippen molar-refractivity contribution in [3.8, 4) is 0 Å². The molecule has 1 N–H and O–H groups in total. The number of aromatic nitrogens is 1. The van der Waals surface area contributed by atoms with Crippen LogP contribution in [0.2, 0.25) is 0 Å². The zero-order valence-electron chi connectivity index (χ0n) is 17.3. The summed E-state index contributed by atoms with van der Waals surface area (Å²) in [6.07, 6.45) is 4.81. The number of pyridine rings is 1. The second kappa shape index (κ2) is 8.08. The molecule has 0 spiro atoms. The molecule has 2 aliphatic heterocycles. The molecule has 1 amide bonds. The zero-order valence-corrected chi connectivity index (χ0v) is 17.3. The molecule has 2 aromatic rings. The van der Waals surface area contributed by atoms with Gasteiger partial charge in [0.15, 0.2) is 0 Å². The molecule has 4 rings (SSSR count). The average molecular weight is 381 g/mol. The van der Waals surface area contributed by atoms with Crippen molar-refractivity contribution in [1.29, 1.82) is 0 Å². The van der Waals surface area contributed by atoms with Gasteiger partial charge in [0.2, 0.25) is 5.91 Å². The average Bonchev–Trinajstić information content (AvgIpc) is 3.04. The third-order valence-corrected chi connectivity index (χ3v) is 6.56. The van der Waals surface area contributed by atoms with Crippen molar-refractivity contribution >= 4 is 22.5 Å². The van der Waals surface area contributed by atoms with Gasteiger partial charge in [-0.25, -0.2) is 0 Å². The van der Waals surface area contributed by atoms with Gasteiger partial charge in [0.1, 0.15) is 0 Å². The Balaban J connectivity index is 1.41. The van der Waals surface area contributed by atoms with Crippen molar-refractivity contribution in [2.45, 2.75) is 39.2 Å². The first-order valence-corrected chi connectivity index (χ1v) is 10.6. The molecule has 2 atom stereocenters. The SMILES string of the molecule is Cc1ccc(N2CC(C)C(NC(=O)CC3CCN(C)CC3)C2)c2cccnc12. The van der Waals surface area contributed by atoms with Crippen molar-refractivity contribution in [1.82, 2.24) is 15.2 Å². The van der Waals surface area contributed by atoms with Gasteiger partial charge in [-0.3, -0.25) is 9.78 Å². The number of benzene rings is 1. The molecule has 1 aromatic heterocycles. The van der Waals surface area contributed by atoms with E-state index in [-0.39, 0.29) is 11.9 Å². The Morgan fingerprint density at radius 1 is 1.21 bits per heavy atom. The molecule has 2 unspecified atom stereocenters. The topological polar surface area (TPSA) is 48.5 Å². The van der Waals surface area contributed by atoms with Crippen LogP contribution >= 0.6 is 0 Å². The maximum atomic E-state index is 12.6. The minimum Gasteiger partial charge on any atom is -0.369 e. The number of hydrogen-bond donors (Lipinski definition) is 1. The second-order valence-electron chi connectivity index (χ2n) is 8.81. The minimum absolute atomic E-state index is 0.215. The van der Waals surface area contributed by atoms with E-state index in [4.69, 9.17) is 0 Å². The van der Waals surface area contributed by atoms with E-state index < -0.39 is 0 Å². The summed E-state index contributed by atoms with van der Waals surface area (Å²) in [4.78, 5) is 22.0. The van der Waals surface area contributed by atoms with E-state index in [1.54, 1.807) is 0 Å². The molecular weight excluding hydrogens is 348 g/mol. The highest BCUT2D eigenvalue weighted by Crippen LogP contribution is 2.32. The van der Waals surface area contributed by atoms with Crippen LogP contribution in [0.3, 0.4) is 0 Å². The number of likely N-dealkylation sites (tertiary alicyclic amines) is 1. The van der Waals surface area contributed by atoms with Gasteiger partial charge >= 0.3 is 0 Å². The fraction of sp³-hybridized carbons (Fsp3) is 0.565. The number of anilines is 1. The molecule has 1 aromatic carbocycles. The Hall–Kier alpha value is -2.14. The fourth-order valence-corrected chi connectivity index (χ4v) is 4.72. The summed E-state index contributed by atoms with van der Waals surface area (Å²) >= 11 is 0. The summed E-state index contributed by atoms with van der Waals surface area (Å²) in [6, 6.07) is 8.73. The highest BCUT2D eigenvalue weighted by Gasteiger charge is 2.32. The molecule has 3 heterocycles. The predicted molar refractivity (Wildman–Crippen MR) is 115 cm³/mol. The third kappa shape index (κ3) is 4.00. The van der Waals surface area contributed by atoms with Crippen LogP contribution in [0.5, 0.6) is 0 Å². The van der Waals surface area contributed by atoms with Gasteiger partial charge in [-0.2, -0.15) is 0 Å². The molecule has 28 heavy (non-hydrogen) atoms. The highest BCUT2D eigenvalue weighted by atomic mass is 16.1. The van der Waals surface area contributed by atoms with E-state index in [1.807, 2.05) is 12.3 Å². The number of carbonyl (C=O) groups is 1. The lowest BCUT2D eigenvalue weighted by atomic mass is 9.93. The summed E-state index contributed by atoms with van der Waals surface area (Å²) in [6.45, 7) is 8.41. The number of hydrogen-bond acceptors (Lipinski definition) is 4. The first-order valence-electron chi connectivity index (χ1n) is 10.6. The van der Waals surface area contributed by atoms with E-state index in [9.17, 15) is 4.79 Å². The van der Waals surface area contributed by atoms with Crippen LogP contribution in [0.15, 0.2) is 30.5 Å². The van der Waals surface area contributed by atoms with Crippen molar-refractivity contribution in [3.05, 3.63) is 36.0 Å². The van der Waals surface area contributed by atoms with Gasteiger partial charge in [-0.05, 0) is 75.5 Å². The van der Waals surface area contributed by atoms with E-state index in [1.165, 1.54) is 16.6 Å². The van der Waals surface area contributed by atoms with E-state index in [0.717, 1.165) is 44.5 Å². The van der Waals surface area contributed by atoms with Crippen molar-refractivity contribution < 1.29 is 4.79 Å². The quantitative estimate of drug-likeness (QED) is 0.885. The summed E-state index contributed by atoms with van der Waals surface area (Å²) in [5.41, 5.74) is 3.50. The van der Waals surface area contributed by atoms with Crippen molar-refractivity contribution in [3.63, 3.8) is 0 Å². The largest absolute Gasteiger partial charge is 0.369 e. The molecule has 5 nitrogen and oxygen atoms in total. The van der Waals surface area contributed by atoms with Crippen LogP contribution in [-0.4, -0.2) is 55.1 Å². The van der Waals surface area contributed by atoms with E-state index in [0.29, 0.717) is 18.3 Å². The molecule has 0 radical (unpaired) electrons. The fourth-order valence-electron chi connectivity index (χ4n) is 4.72. The Bertz CT molecular complexity index is 844. The van der Waals surface area contributed by atoms with Crippen LogP contribution in [0, 0.1) is 18.8 Å². The summed E-state index contributed by atoms with van der Waals surface area (Å²) < 4.78 is 0. The number of amides is 1. The second-order valence-corrected chi connectivity index (χ2v) is 8.81. The number of nitrogens with one attached hydrogen (secondary N) is 1. The van der Waals surface area contributed by atoms with Crippen LogP contribution in [0.25, 0.3) is 10.9 Å². The van der Waals surface area contributed by atoms with Crippen LogP contribution in [-0.2, 0) is 4.79 Å². The van der Waals surface area contributed by atoms with Gasteiger partial charge in [0.05, 0.1) is 11.6 Å². The molecule has 0 saturated carbocycles. The number of piperidine rings is 1. The first kappa shape index (κ1) is 19.2. The zero-order chi connectivity index (χ0) is 19.7. The minimum atomic E-state index is 0.215. The molecule has 2 saturated heterocycles. The van der Waals surface area contributed by atoms with Gasteiger partial charge in [-0.15, -0.1) is 0 Å². The third-order valence-electron chi connectivity index (χ3n) is 6.56. The number of rotatable bonds is 4. The molecular formula is C23H32N4O. The van der Waals surface area contributed by atoms with Crippen LogP contribution in [0.1, 0.15) is 31.7 Å². The Morgan fingerprint density at radius 3 is 2.79 bits per heavy atom. The standard InChI is InChI=1S/C23H32N4O/c1-16-6-7-21(19-5-4-10-24-23(16)19)27-14-17(2)20(15-27)25-22(28)13-18-8-11-26(3)12-9-18/h4-7,10,17-18,20H,8-9,11-15H2,1-3H3,(H,25,28). The summed E-state index contributed by atoms with van der Waals surface area (Å²) in [5, 5.41) is 4.54. The van der Waals surface area contributed by atoms with Crippen LogP contribution in [0.4, 0.5) is 5.69 Å². The smallest absolute Gasteiger partial charge is 0.220 e. The Morgan fingerprint density at radius 2 is 2.00 bits per heavy atom. The lowest BCUT2D eigenvalue weighted by Gasteiger charge is -2.29. The van der Waals surface area contributed by atoms with Gasteiger partial charge in [0, 0.05) is 36.8 Å². The van der Waals surface area contributed by atoms with Gasteiger partial charge in [-0.1, -0.05) is 13.0 Å². The molecule has 0 aliphatic carbocycles. The predicted octanol–water partition coefficient (Wildman–Crippen LogP) is 3.22. The molecule has 150 valence electrons. The molecule has 2 fully saturated rings. The highest BCUT2D eigenvalue weighted by molar-refractivity contribution is 5.94. The van der Waals surface area contributed by atoms with Crippen LogP contribution < -0.4 is 10.2 Å². The lowest BCUT2D eigenvalue weighted by Crippen LogP contribution is -2.41. The number of nitrogens with zero attached hydrogens (tertiary/aromatic N) is 3. The van der Waals surface area contributed by atoms with Gasteiger partial charge in [0.25, 0.3) is 0 Å². The lowest BCUT2D eigenvalue weighted by molar-refractivity contribution is -0.123. The first-order chi connectivity index (χ1) is 13.5. The van der Waals surface area contributed by atoms with E-state index in [2.05, 4.69) is 59.2 Å². The normalized spacial score (nSPS) is 24.0. The Labute approximate surface area is 168 Å². The molecule has 0 bridgehead atoms. The number of fused-ring (bicyclic) bond motifs is 1. The summed E-state index contributed by atoms with van der Waals surface area (Å²) in [7, 11) is 2.16. The molecule has 2 aliphatic rings. The monoisotopic (exact) mass is 380 g/mol. The van der Waals surface area contributed by atoms with Crippen molar-refractivity contribution in [2.24, 2.45) is 11.8 Å². The molecule has 5 heteroatoms.